The highest BCUT2D eigenvalue weighted by Gasteiger charge is 2.30. The van der Waals surface area contributed by atoms with Crippen molar-refractivity contribution < 1.29 is 14.1 Å². The number of nitro benzene ring substituents is 1. The third-order valence-electron chi connectivity index (χ3n) is 4.08. The molecule has 124 valence electrons. The number of hydrogen-bond acceptors (Lipinski definition) is 3. The quantitative estimate of drug-likeness (QED) is 0.680. The molecule has 0 spiro atoms. The molecule has 24 heavy (non-hydrogen) atoms. The van der Waals surface area contributed by atoms with Gasteiger partial charge in [-0.25, -0.2) is 9.18 Å². The van der Waals surface area contributed by atoms with E-state index in [-0.39, 0.29) is 23.6 Å². The van der Waals surface area contributed by atoms with Gasteiger partial charge in [0.2, 0.25) is 0 Å². The van der Waals surface area contributed by atoms with Crippen molar-refractivity contribution >= 4 is 17.4 Å². The van der Waals surface area contributed by atoms with Crippen LogP contribution in [0.15, 0.2) is 48.5 Å². The highest BCUT2D eigenvalue weighted by molar-refractivity contribution is 5.90. The van der Waals surface area contributed by atoms with Gasteiger partial charge in [0.25, 0.3) is 5.69 Å². The van der Waals surface area contributed by atoms with Gasteiger partial charge in [-0.05, 0) is 36.6 Å². The van der Waals surface area contributed by atoms with Gasteiger partial charge in [-0.15, -0.1) is 0 Å². The number of rotatable bonds is 3. The molecule has 6 nitrogen and oxygen atoms in total. The first kappa shape index (κ1) is 15.9. The standard InChI is InChI=1S/C17H16FN3O3/c18-13-8-6-12(7-9-13)16-5-2-10-20(16)17(22)19-14-3-1-4-15(11-14)21(23)24/h1,3-4,6-9,11,16H,2,5,10H2,(H,19,22). The maximum Gasteiger partial charge on any atom is 0.322 e. The van der Waals surface area contributed by atoms with Crippen molar-refractivity contribution in [2.24, 2.45) is 0 Å². The van der Waals surface area contributed by atoms with Gasteiger partial charge in [0.15, 0.2) is 0 Å². The van der Waals surface area contributed by atoms with Gasteiger partial charge < -0.3 is 10.2 Å². The van der Waals surface area contributed by atoms with Gasteiger partial charge >= 0.3 is 6.03 Å². The lowest BCUT2D eigenvalue weighted by Gasteiger charge is -2.25. The molecule has 0 aliphatic carbocycles. The van der Waals surface area contributed by atoms with Crippen LogP contribution in [0.1, 0.15) is 24.4 Å². The molecule has 1 atom stereocenters. The molecular weight excluding hydrogens is 313 g/mol. The van der Waals surface area contributed by atoms with E-state index in [1.807, 2.05) is 0 Å². The lowest BCUT2D eigenvalue weighted by Crippen LogP contribution is -2.34. The zero-order valence-corrected chi connectivity index (χ0v) is 12.8. The highest BCUT2D eigenvalue weighted by Crippen LogP contribution is 2.32. The van der Waals surface area contributed by atoms with Gasteiger partial charge in [0.05, 0.1) is 11.0 Å². The van der Waals surface area contributed by atoms with Crippen molar-refractivity contribution in [1.29, 1.82) is 0 Å². The molecule has 0 aromatic heterocycles. The number of nitrogens with one attached hydrogen (secondary N) is 1. The molecular formula is C17H16FN3O3. The summed E-state index contributed by atoms with van der Waals surface area (Å²) in [6.07, 6.45) is 1.65. The Bertz CT molecular complexity index is 764. The van der Waals surface area contributed by atoms with Gasteiger partial charge in [0.1, 0.15) is 5.82 Å². The average Bonchev–Trinajstić information content (AvgIpc) is 3.05. The third-order valence-corrected chi connectivity index (χ3v) is 4.08. The Balaban J connectivity index is 1.75. The molecule has 2 aromatic rings. The number of nitrogens with zero attached hydrogens (tertiary/aromatic N) is 2. The van der Waals surface area contributed by atoms with E-state index in [9.17, 15) is 19.3 Å². The number of nitro groups is 1. The lowest BCUT2D eigenvalue weighted by atomic mass is 10.0. The summed E-state index contributed by atoms with van der Waals surface area (Å²) in [5.74, 6) is -0.315. The molecule has 0 bridgehead atoms. The molecule has 1 saturated heterocycles. The number of urea groups is 1. The van der Waals surface area contributed by atoms with Gasteiger partial charge in [0, 0.05) is 24.4 Å². The third kappa shape index (κ3) is 3.34. The molecule has 1 N–H and O–H groups in total. The Morgan fingerprint density at radius 2 is 2.00 bits per heavy atom. The van der Waals surface area contributed by atoms with E-state index < -0.39 is 4.92 Å². The predicted molar refractivity (Wildman–Crippen MR) is 87.2 cm³/mol. The molecule has 0 saturated carbocycles. The molecule has 1 aliphatic rings. The number of amides is 2. The number of benzene rings is 2. The van der Waals surface area contributed by atoms with Crippen LogP contribution in [0.3, 0.4) is 0 Å². The number of carbonyl (C=O) groups is 1. The summed E-state index contributed by atoms with van der Waals surface area (Å²) >= 11 is 0. The summed E-state index contributed by atoms with van der Waals surface area (Å²) in [4.78, 5) is 24.5. The minimum absolute atomic E-state index is 0.0793. The van der Waals surface area contributed by atoms with Crippen molar-refractivity contribution in [2.75, 3.05) is 11.9 Å². The lowest BCUT2D eigenvalue weighted by molar-refractivity contribution is -0.384. The number of carbonyl (C=O) groups excluding carboxylic acids is 1. The fraction of sp³-hybridized carbons (Fsp3) is 0.235. The fourth-order valence-electron chi connectivity index (χ4n) is 2.93. The van der Waals surface area contributed by atoms with Crippen LogP contribution in [0.4, 0.5) is 20.6 Å². The van der Waals surface area contributed by atoms with Crippen LogP contribution in [-0.4, -0.2) is 22.4 Å². The number of halogens is 1. The summed E-state index contributed by atoms with van der Waals surface area (Å²) in [7, 11) is 0. The van der Waals surface area contributed by atoms with Crippen LogP contribution < -0.4 is 5.32 Å². The van der Waals surface area contributed by atoms with E-state index in [1.165, 1.54) is 30.3 Å². The molecule has 0 radical (unpaired) electrons. The number of hydrogen-bond donors (Lipinski definition) is 1. The van der Waals surface area contributed by atoms with Gasteiger partial charge in [-0.3, -0.25) is 10.1 Å². The SMILES string of the molecule is O=C(Nc1cccc([N+](=O)[O-])c1)N1CCCC1c1ccc(F)cc1. The summed E-state index contributed by atoms with van der Waals surface area (Å²) in [6, 6.07) is 11.5. The highest BCUT2D eigenvalue weighted by atomic mass is 19.1. The minimum Gasteiger partial charge on any atom is -0.317 e. The second kappa shape index (κ2) is 6.66. The smallest absolute Gasteiger partial charge is 0.317 e. The van der Waals surface area contributed by atoms with Crippen LogP contribution in [-0.2, 0) is 0 Å². The van der Waals surface area contributed by atoms with Crippen LogP contribution in [0.25, 0.3) is 0 Å². The second-order valence-electron chi connectivity index (χ2n) is 5.64. The summed E-state index contributed by atoms with van der Waals surface area (Å²) < 4.78 is 13.1. The normalized spacial score (nSPS) is 16.9. The van der Waals surface area contributed by atoms with Crippen LogP contribution in [0.5, 0.6) is 0 Å². The van der Waals surface area contributed by atoms with E-state index in [0.29, 0.717) is 12.2 Å². The van der Waals surface area contributed by atoms with Crippen LogP contribution >= 0.6 is 0 Å². The molecule has 1 unspecified atom stereocenters. The Labute approximate surface area is 138 Å². The largest absolute Gasteiger partial charge is 0.322 e. The van der Waals surface area contributed by atoms with E-state index in [2.05, 4.69) is 5.32 Å². The second-order valence-corrected chi connectivity index (χ2v) is 5.64. The first-order chi connectivity index (χ1) is 11.5. The average molecular weight is 329 g/mol. The molecule has 1 heterocycles. The number of likely N-dealkylation sites (tertiary alicyclic amines) is 1. The zero-order valence-electron chi connectivity index (χ0n) is 12.8. The van der Waals surface area contributed by atoms with Gasteiger partial charge in [-0.1, -0.05) is 18.2 Å². The maximum absolute atomic E-state index is 13.1. The van der Waals surface area contributed by atoms with Crippen molar-refractivity contribution in [3.8, 4) is 0 Å². The zero-order chi connectivity index (χ0) is 17.1. The summed E-state index contributed by atoms with van der Waals surface area (Å²) in [5.41, 5.74) is 1.17. The van der Waals surface area contributed by atoms with E-state index in [1.54, 1.807) is 23.1 Å². The first-order valence-electron chi connectivity index (χ1n) is 7.62. The van der Waals surface area contributed by atoms with E-state index >= 15 is 0 Å². The monoisotopic (exact) mass is 329 g/mol. The Kier molecular flexibility index (Phi) is 4.41. The van der Waals surface area contributed by atoms with E-state index in [4.69, 9.17) is 0 Å². The summed E-state index contributed by atoms with van der Waals surface area (Å²) in [6.45, 7) is 0.586. The summed E-state index contributed by atoms with van der Waals surface area (Å²) in [5, 5.41) is 13.5. The molecule has 7 heteroatoms. The van der Waals surface area contributed by atoms with E-state index in [0.717, 1.165) is 18.4 Å². The Morgan fingerprint density at radius 3 is 2.71 bits per heavy atom. The molecule has 1 fully saturated rings. The topological polar surface area (TPSA) is 75.5 Å². The number of non-ortho nitro benzene ring substituents is 1. The molecule has 3 rings (SSSR count). The maximum atomic E-state index is 13.1. The predicted octanol–water partition coefficient (Wildman–Crippen LogP) is 4.10. The van der Waals surface area contributed by atoms with Crippen molar-refractivity contribution in [3.05, 3.63) is 70.0 Å². The number of anilines is 1. The van der Waals surface area contributed by atoms with Crippen molar-refractivity contribution in [3.63, 3.8) is 0 Å². The van der Waals surface area contributed by atoms with Crippen molar-refractivity contribution in [2.45, 2.75) is 18.9 Å². The first-order valence-corrected chi connectivity index (χ1v) is 7.62. The van der Waals surface area contributed by atoms with Crippen LogP contribution in [0, 0.1) is 15.9 Å². The fourth-order valence-corrected chi connectivity index (χ4v) is 2.93. The Hall–Kier alpha value is -2.96. The van der Waals surface area contributed by atoms with Gasteiger partial charge in [-0.2, -0.15) is 0 Å². The Morgan fingerprint density at radius 1 is 1.25 bits per heavy atom. The molecule has 1 aliphatic heterocycles. The molecule has 2 aromatic carbocycles. The van der Waals surface area contributed by atoms with Crippen LogP contribution in [0.2, 0.25) is 0 Å². The minimum atomic E-state index is -0.507. The molecule has 2 amide bonds. The van der Waals surface area contributed by atoms with Crippen molar-refractivity contribution in [1.82, 2.24) is 4.90 Å².